The molecule has 0 aliphatic rings. The highest BCUT2D eigenvalue weighted by Gasteiger charge is 2.14. The van der Waals surface area contributed by atoms with Gasteiger partial charge in [-0.3, -0.25) is 14.5 Å². The average molecular weight is 452 g/mol. The Bertz CT molecular complexity index is 774. The lowest BCUT2D eigenvalue weighted by Crippen LogP contribution is -2.33. The number of thiophene rings is 1. The number of anilines is 1. The van der Waals surface area contributed by atoms with Crippen molar-refractivity contribution in [1.82, 2.24) is 9.80 Å². The number of amides is 2. The summed E-state index contributed by atoms with van der Waals surface area (Å²) >= 11 is 5.14. The van der Waals surface area contributed by atoms with E-state index in [-0.39, 0.29) is 11.8 Å². The summed E-state index contributed by atoms with van der Waals surface area (Å²) in [5.41, 5.74) is 1.24. The molecule has 1 aromatic carbocycles. The number of carbonyl (C=O) groups is 2. The lowest BCUT2D eigenvalue weighted by molar-refractivity contribution is -0.117. The molecule has 1 heterocycles. The first kappa shape index (κ1) is 21.6. The SMILES string of the molecule is CCN(CC(=O)Nc1cccc(C(=O)N(CC)CC)c1)Cc1ccc(Br)s1. The summed E-state index contributed by atoms with van der Waals surface area (Å²) in [5.74, 6) is -0.102. The molecule has 5 nitrogen and oxygen atoms in total. The van der Waals surface area contributed by atoms with Gasteiger partial charge in [0.2, 0.25) is 5.91 Å². The summed E-state index contributed by atoms with van der Waals surface area (Å²) in [5, 5.41) is 2.91. The van der Waals surface area contributed by atoms with Crippen LogP contribution in [0.5, 0.6) is 0 Å². The number of halogens is 1. The predicted molar refractivity (Wildman–Crippen MR) is 115 cm³/mol. The van der Waals surface area contributed by atoms with Crippen molar-refractivity contribution in [3.05, 3.63) is 50.6 Å². The van der Waals surface area contributed by atoms with Gasteiger partial charge in [0.05, 0.1) is 10.3 Å². The number of hydrogen-bond donors (Lipinski definition) is 1. The minimum atomic E-state index is -0.0834. The van der Waals surface area contributed by atoms with Crippen molar-refractivity contribution in [2.45, 2.75) is 27.3 Å². The van der Waals surface area contributed by atoms with Crippen molar-refractivity contribution in [2.75, 3.05) is 31.5 Å². The van der Waals surface area contributed by atoms with Gasteiger partial charge in [0.1, 0.15) is 0 Å². The molecule has 0 radical (unpaired) electrons. The van der Waals surface area contributed by atoms with E-state index in [1.807, 2.05) is 32.9 Å². The van der Waals surface area contributed by atoms with Crippen LogP contribution in [0.25, 0.3) is 0 Å². The number of hydrogen-bond acceptors (Lipinski definition) is 4. The molecule has 27 heavy (non-hydrogen) atoms. The van der Waals surface area contributed by atoms with Crippen LogP contribution in [0, 0.1) is 0 Å². The van der Waals surface area contributed by atoms with Gasteiger partial charge in [-0.2, -0.15) is 0 Å². The molecule has 0 unspecified atom stereocenters. The van der Waals surface area contributed by atoms with Gasteiger partial charge >= 0.3 is 0 Å². The molecule has 2 rings (SSSR count). The van der Waals surface area contributed by atoms with Crippen molar-refractivity contribution in [2.24, 2.45) is 0 Å². The van der Waals surface area contributed by atoms with E-state index < -0.39 is 0 Å². The predicted octanol–water partition coefficient (Wildman–Crippen LogP) is 4.45. The number of rotatable bonds is 9. The molecule has 0 saturated carbocycles. The molecule has 0 saturated heterocycles. The van der Waals surface area contributed by atoms with E-state index in [4.69, 9.17) is 0 Å². The molecular weight excluding hydrogens is 426 g/mol. The van der Waals surface area contributed by atoms with Gasteiger partial charge in [0.15, 0.2) is 0 Å². The molecular formula is C20H26BrN3O2S. The lowest BCUT2D eigenvalue weighted by atomic mass is 10.1. The van der Waals surface area contributed by atoms with Crippen molar-refractivity contribution < 1.29 is 9.59 Å². The second-order valence-electron chi connectivity index (χ2n) is 6.12. The van der Waals surface area contributed by atoms with E-state index in [0.717, 1.165) is 16.9 Å². The topological polar surface area (TPSA) is 52.7 Å². The Morgan fingerprint density at radius 2 is 1.81 bits per heavy atom. The van der Waals surface area contributed by atoms with Crippen LogP contribution in [-0.4, -0.2) is 47.8 Å². The fourth-order valence-electron chi connectivity index (χ4n) is 2.76. The third-order valence-corrected chi connectivity index (χ3v) is 5.88. The molecule has 2 amide bonds. The first-order valence-corrected chi connectivity index (χ1v) is 10.7. The quantitative estimate of drug-likeness (QED) is 0.612. The minimum Gasteiger partial charge on any atom is -0.339 e. The smallest absolute Gasteiger partial charge is 0.253 e. The molecule has 2 aromatic rings. The average Bonchev–Trinajstić information content (AvgIpc) is 3.07. The summed E-state index contributed by atoms with van der Waals surface area (Å²) in [6.45, 7) is 9.10. The van der Waals surface area contributed by atoms with Crippen LogP contribution in [0.4, 0.5) is 5.69 Å². The standard InChI is InChI=1S/C20H26BrN3O2S/c1-4-23(13-17-10-11-18(21)27-17)14-19(25)22-16-9-7-8-15(12-16)20(26)24(5-2)6-3/h7-12H,4-6,13-14H2,1-3H3,(H,22,25). The largest absolute Gasteiger partial charge is 0.339 e. The molecule has 1 N–H and O–H groups in total. The maximum Gasteiger partial charge on any atom is 0.253 e. The third-order valence-electron chi connectivity index (χ3n) is 4.27. The van der Waals surface area contributed by atoms with Gasteiger partial charge in [-0.25, -0.2) is 0 Å². The van der Waals surface area contributed by atoms with Crippen LogP contribution in [0.1, 0.15) is 36.0 Å². The van der Waals surface area contributed by atoms with Gasteiger partial charge in [-0.05, 0) is 66.7 Å². The fourth-order valence-corrected chi connectivity index (χ4v) is 4.29. The molecule has 1 aromatic heterocycles. The highest BCUT2D eigenvalue weighted by atomic mass is 79.9. The summed E-state index contributed by atoms with van der Waals surface area (Å²) in [4.78, 5) is 30.0. The molecule has 0 aliphatic heterocycles. The summed E-state index contributed by atoms with van der Waals surface area (Å²) in [6.07, 6.45) is 0. The third kappa shape index (κ3) is 6.45. The van der Waals surface area contributed by atoms with E-state index in [9.17, 15) is 9.59 Å². The highest BCUT2D eigenvalue weighted by molar-refractivity contribution is 9.11. The van der Waals surface area contributed by atoms with Gasteiger partial charge in [-0.15, -0.1) is 11.3 Å². The summed E-state index contributed by atoms with van der Waals surface area (Å²) < 4.78 is 1.09. The Hall–Kier alpha value is -1.70. The maximum absolute atomic E-state index is 12.5. The first-order chi connectivity index (χ1) is 13.0. The summed E-state index contributed by atoms with van der Waals surface area (Å²) in [7, 11) is 0. The van der Waals surface area contributed by atoms with Gasteiger partial charge < -0.3 is 10.2 Å². The molecule has 0 fully saturated rings. The molecule has 7 heteroatoms. The Morgan fingerprint density at radius 3 is 2.41 bits per heavy atom. The molecule has 0 bridgehead atoms. The van der Waals surface area contributed by atoms with Crippen LogP contribution < -0.4 is 5.32 Å². The van der Waals surface area contributed by atoms with Crippen LogP contribution in [0.2, 0.25) is 0 Å². The van der Waals surface area contributed by atoms with Gasteiger partial charge in [0.25, 0.3) is 5.91 Å². The number of nitrogens with one attached hydrogen (secondary N) is 1. The Labute approximate surface area is 173 Å². The second kappa shape index (κ2) is 10.6. The van der Waals surface area contributed by atoms with Gasteiger partial charge in [0, 0.05) is 35.8 Å². The minimum absolute atomic E-state index is 0.0189. The lowest BCUT2D eigenvalue weighted by Gasteiger charge is -2.20. The van der Waals surface area contributed by atoms with Gasteiger partial charge in [-0.1, -0.05) is 13.0 Å². The van der Waals surface area contributed by atoms with Crippen molar-refractivity contribution in [3.63, 3.8) is 0 Å². The van der Waals surface area contributed by atoms with Crippen molar-refractivity contribution in [1.29, 1.82) is 0 Å². The summed E-state index contributed by atoms with van der Waals surface area (Å²) in [6, 6.07) is 11.2. The molecule has 0 spiro atoms. The van der Waals surface area contributed by atoms with E-state index >= 15 is 0 Å². The zero-order valence-corrected chi connectivity index (χ0v) is 18.4. The van der Waals surface area contributed by atoms with Crippen LogP contribution in [0.3, 0.4) is 0 Å². The number of likely N-dealkylation sites (N-methyl/N-ethyl adjacent to an activating group) is 1. The Morgan fingerprint density at radius 1 is 1.07 bits per heavy atom. The fraction of sp³-hybridized carbons (Fsp3) is 0.400. The Kier molecular flexibility index (Phi) is 8.47. The Balaban J connectivity index is 1.98. The normalized spacial score (nSPS) is 10.9. The molecule has 0 atom stereocenters. The monoisotopic (exact) mass is 451 g/mol. The second-order valence-corrected chi connectivity index (χ2v) is 8.66. The molecule has 0 aliphatic carbocycles. The van der Waals surface area contributed by atoms with E-state index in [0.29, 0.717) is 30.9 Å². The van der Waals surface area contributed by atoms with Crippen LogP contribution >= 0.6 is 27.3 Å². The van der Waals surface area contributed by atoms with Crippen molar-refractivity contribution >= 4 is 44.8 Å². The van der Waals surface area contributed by atoms with E-state index in [1.165, 1.54) is 4.88 Å². The zero-order valence-electron chi connectivity index (χ0n) is 16.0. The first-order valence-electron chi connectivity index (χ1n) is 9.12. The zero-order chi connectivity index (χ0) is 19.8. The highest BCUT2D eigenvalue weighted by Crippen LogP contribution is 2.23. The molecule has 146 valence electrons. The number of nitrogens with zero attached hydrogens (tertiary/aromatic N) is 2. The van der Waals surface area contributed by atoms with Crippen molar-refractivity contribution in [3.8, 4) is 0 Å². The number of carbonyl (C=O) groups excluding carboxylic acids is 2. The maximum atomic E-state index is 12.5. The van der Waals surface area contributed by atoms with E-state index in [2.05, 4.69) is 32.2 Å². The van der Waals surface area contributed by atoms with Crippen LogP contribution in [-0.2, 0) is 11.3 Å². The van der Waals surface area contributed by atoms with Crippen LogP contribution in [0.15, 0.2) is 40.2 Å². The van der Waals surface area contributed by atoms with E-state index in [1.54, 1.807) is 34.4 Å². The number of benzene rings is 1.